The molecule has 0 aliphatic heterocycles. The van der Waals surface area contributed by atoms with Crippen molar-refractivity contribution in [1.29, 1.82) is 0 Å². The number of hydrogen-bond donors (Lipinski definition) is 2. The molecule has 18 heavy (non-hydrogen) atoms. The van der Waals surface area contributed by atoms with E-state index in [0.717, 1.165) is 32.1 Å². The van der Waals surface area contributed by atoms with E-state index < -0.39 is 0 Å². The second-order valence-electron chi connectivity index (χ2n) is 6.02. The largest absolute Gasteiger partial charge is 0.393 e. The Morgan fingerprint density at radius 3 is 2.67 bits per heavy atom. The molecule has 1 aromatic heterocycles. The fourth-order valence-corrected chi connectivity index (χ4v) is 3.79. The summed E-state index contributed by atoms with van der Waals surface area (Å²) in [6.07, 6.45) is 7.56. The van der Waals surface area contributed by atoms with Crippen molar-refractivity contribution >= 4 is 0 Å². The van der Waals surface area contributed by atoms with E-state index in [0.29, 0.717) is 6.04 Å². The van der Waals surface area contributed by atoms with Gasteiger partial charge >= 0.3 is 0 Å². The molecular weight excluding hydrogens is 224 g/mol. The van der Waals surface area contributed by atoms with Gasteiger partial charge in [-0.2, -0.15) is 0 Å². The molecular formula is C15H24N2O. The Kier molecular flexibility index (Phi) is 3.20. The van der Waals surface area contributed by atoms with Crippen LogP contribution in [0, 0.1) is 6.92 Å². The first-order chi connectivity index (χ1) is 8.66. The lowest BCUT2D eigenvalue weighted by molar-refractivity contribution is 0.109. The summed E-state index contributed by atoms with van der Waals surface area (Å²) < 4.78 is 2.53. The van der Waals surface area contributed by atoms with E-state index in [1.54, 1.807) is 0 Å². The summed E-state index contributed by atoms with van der Waals surface area (Å²) in [5.74, 6) is 0. The van der Waals surface area contributed by atoms with Gasteiger partial charge in [-0.05, 0) is 63.5 Å². The lowest BCUT2D eigenvalue weighted by Gasteiger charge is -2.31. The van der Waals surface area contributed by atoms with Crippen LogP contribution >= 0.6 is 0 Å². The molecule has 1 heterocycles. The molecule has 3 rings (SSSR count). The summed E-state index contributed by atoms with van der Waals surface area (Å²) in [5, 5.41) is 9.65. The number of nitrogens with zero attached hydrogens (tertiary/aromatic N) is 1. The molecule has 100 valence electrons. The normalized spacial score (nSPS) is 32.3. The molecule has 1 saturated carbocycles. The minimum atomic E-state index is -0.0739. The van der Waals surface area contributed by atoms with Gasteiger partial charge < -0.3 is 15.4 Å². The van der Waals surface area contributed by atoms with Gasteiger partial charge in [0.1, 0.15) is 0 Å². The standard InChI is InChI=1S/C15H24N2O/c1-10-9-13-14(16)3-2-4-15(13)17(10)11-5-7-12(18)8-6-11/h9,11-12,14,18H,2-8,16H2,1H3. The van der Waals surface area contributed by atoms with Gasteiger partial charge in [0.15, 0.2) is 0 Å². The third-order valence-electron chi connectivity index (χ3n) is 4.73. The summed E-state index contributed by atoms with van der Waals surface area (Å²) in [6.45, 7) is 2.20. The van der Waals surface area contributed by atoms with Gasteiger partial charge in [-0.25, -0.2) is 0 Å². The highest BCUT2D eigenvalue weighted by Crippen LogP contribution is 2.37. The van der Waals surface area contributed by atoms with Gasteiger partial charge in [-0.1, -0.05) is 0 Å². The van der Waals surface area contributed by atoms with Crippen LogP contribution in [0.25, 0.3) is 0 Å². The lowest BCUT2D eigenvalue weighted by Crippen LogP contribution is -2.25. The Balaban J connectivity index is 1.92. The van der Waals surface area contributed by atoms with Crippen LogP contribution < -0.4 is 5.73 Å². The Hall–Kier alpha value is -0.800. The SMILES string of the molecule is Cc1cc2c(n1C1CCC(O)CC1)CCCC2N. The monoisotopic (exact) mass is 248 g/mol. The van der Waals surface area contributed by atoms with Crippen LogP contribution in [0.15, 0.2) is 6.07 Å². The minimum absolute atomic E-state index is 0.0739. The van der Waals surface area contributed by atoms with Crippen molar-refractivity contribution in [3.05, 3.63) is 23.0 Å². The van der Waals surface area contributed by atoms with Crippen molar-refractivity contribution in [2.75, 3.05) is 0 Å². The smallest absolute Gasteiger partial charge is 0.0541 e. The van der Waals surface area contributed by atoms with Crippen molar-refractivity contribution < 1.29 is 5.11 Å². The highest BCUT2D eigenvalue weighted by molar-refractivity contribution is 5.33. The van der Waals surface area contributed by atoms with Gasteiger partial charge in [-0.3, -0.25) is 0 Å². The number of aliphatic hydroxyl groups is 1. The van der Waals surface area contributed by atoms with Crippen LogP contribution in [-0.4, -0.2) is 15.8 Å². The van der Waals surface area contributed by atoms with E-state index in [9.17, 15) is 5.11 Å². The maximum absolute atomic E-state index is 9.65. The number of aryl methyl sites for hydroxylation is 1. The van der Waals surface area contributed by atoms with Gasteiger partial charge in [0.25, 0.3) is 0 Å². The molecule has 0 aromatic carbocycles. The van der Waals surface area contributed by atoms with Crippen LogP contribution in [0.4, 0.5) is 0 Å². The van der Waals surface area contributed by atoms with Crippen LogP contribution in [0.5, 0.6) is 0 Å². The number of nitrogens with two attached hydrogens (primary N) is 1. The third-order valence-corrected chi connectivity index (χ3v) is 4.73. The molecule has 1 unspecified atom stereocenters. The number of aliphatic hydroxyl groups excluding tert-OH is 1. The molecule has 0 saturated heterocycles. The second-order valence-corrected chi connectivity index (χ2v) is 6.02. The number of rotatable bonds is 1. The number of fused-ring (bicyclic) bond motifs is 1. The zero-order chi connectivity index (χ0) is 12.7. The van der Waals surface area contributed by atoms with E-state index in [1.807, 2.05) is 0 Å². The van der Waals surface area contributed by atoms with E-state index in [-0.39, 0.29) is 12.1 Å². The van der Waals surface area contributed by atoms with Crippen molar-refractivity contribution in [3.8, 4) is 0 Å². The van der Waals surface area contributed by atoms with E-state index >= 15 is 0 Å². The molecule has 1 fully saturated rings. The summed E-state index contributed by atoms with van der Waals surface area (Å²) in [5.41, 5.74) is 10.4. The average Bonchev–Trinajstić information content (AvgIpc) is 2.69. The Labute approximate surface area is 109 Å². The zero-order valence-corrected chi connectivity index (χ0v) is 11.2. The van der Waals surface area contributed by atoms with Crippen molar-refractivity contribution in [3.63, 3.8) is 0 Å². The fraction of sp³-hybridized carbons (Fsp3) is 0.733. The van der Waals surface area contributed by atoms with Crippen LogP contribution in [0.1, 0.15) is 67.6 Å². The Morgan fingerprint density at radius 1 is 1.22 bits per heavy atom. The summed E-state index contributed by atoms with van der Waals surface area (Å²) in [6, 6.07) is 3.12. The van der Waals surface area contributed by atoms with E-state index in [4.69, 9.17) is 5.73 Å². The molecule has 0 bridgehead atoms. The molecule has 3 nitrogen and oxygen atoms in total. The lowest BCUT2D eigenvalue weighted by atomic mass is 9.90. The molecule has 0 spiro atoms. The van der Waals surface area contributed by atoms with Gasteiger partial charge in [0.05, 0.1) is 6.10 Å². The summed E-state index contributed by atoms with van der Waals surface area (Å²) in [4.78, 5) is 0. The molecule has 3 heteroatoms. The first kappa shape index (κ1) is 12.2. The molecule has 0 radical (unpaired) electrons. The molecule has 3 N–H and O–H groups in total. The minimum Gasteiger partial charge on any atom is -0.393 e. The predicted octanol–water partition coefficient (Wildman–Crippen LogP) is 2.61. The predicted molar refractivity (Wildman–Crippen MR) is 72.5 cm³/mol. The maximum Gasteiger partial charge on any atom is 0.0541 e. The first-order valence-corrected chi connectivity index (χ1v) is 7.31. The summed E-state index contributed by atoms with van der Waals surface area (Å²) in [7, 11) is 0. The topological polar surface area (TPSA) is 51.2 Å². The van der Waals surface area contributed by atoms with E-state index in [2.05, 4.69) is 17.6 Å². The number of aromatic nitrogens is 1. The van der Waals surface area contributed by atoms with Gasteiger partial charge in [-0.15, -0.1) is 0 Å². The van der Waals surface area contributed by atoms with Crippen molar-refractivity contribution in [1.82, 2.24) is 4.57 Å². The van der Waals surface area contributed by atoms with Crippen LogP contribution in [0.2, 0.25) is 0 Å². The maximum atomic E-state index is 9.65. The second kappa shape index (κ2) is 4.71. The zero-order valence-electron chi connectivity index (χ0n) is 11.2. The Bertz CT molecular complexity index is 430. The van der Waals surface area contributed by atoms with Crippen molar-refractivity contribution in [2.24, 2.45) is 5.73 Å². The highest BCUT2D eigenvalue weighted by Gasteiger charge is 2.27. The third kappa shape index (κ3) is 1.99. The average molecular weight is 248 g/mol. The van der Waals surface area contributed by atoms with Crippen molar-refractivity contribution in [2.45, 2.75) is 70.1 Å². The van der Waals surface area contributed by atoms with E-state index in [1.165, 1.54) is 29.8 Å². The first-order valence-electron chi connectivity index (χ1n) is 7.31. The fourth-order valence-electron chi connectivity index (χ4n) is 3.79. The molecule has 2 aliphatic rings. The van der Waals surface area contributed by atoms with Crippen LogP contribution in [0.3, 0.4) is 0 Å². The molecule has 1 aromatic rings. The van der Waals surface area contributed by atoms with Gasteiger partial charge in [0.2, 0.25) is 0 Å². The summed E-state index contributed by atoms with van der Waals surface area (Å²) >= 11 is 0. The molecule has 1 atom stereocenters. The highest BCUT2D eigenvalue weighted by atomic mass is 16.3. The Morgan fingerprint density at radius 2 is 1.94 bits per heavy atom. The molecule has 2 aliphatic carbocycles. The number of hydrogen-bond acceptors (Lipinski definition) is 2. The van der Waals surface area contributed by atoms with Crippen LogP contribution in [-0.2, 0) is 6.42 Å². The quantitative estimate of drug-likeness (QED) is 0.802. The van der Waals surface area contributed by atoms with Gasteiger partial charge in [0, 0.05) is 23.5 Å². The molecule has 0 amide bonds.